The van der Waals surface area contributed by atoms with Gasteiger partial charge in [0.25, 0.3) is 0 Å². The first-order valence-corrected chi connectivity index (χ1v) is 6.79. The van der Waals surface area contributed by atoms with Crippen LogP contribution in [0.3, 0.4) is 0 Å². The first kappa shape index (κ1) is 15.8. The van der Waals surface area contributed by atoms with E-state index < -0.39 is 11.5 Å². The topological polar surface area (TPSA) is 72.9 Å². The lowest BCUT2D eigenvalue weighted by atomic mass is 10.0. The van der Waals surface area contributed by atoms with Crippen molar-refractivity contribution in [1.29, 1.82) is 0 Å². The minimum atomic E-state index is -1.19. The summed E-state index contributed by atoms with van der Waals surface area (Å²) in [6.45, 7) is 6.86. The van der Waals surface area contributed by atoms with Crippen LogP contribution in [0.15, 0.2) is 0 Å². The summed E-state index contributed by atoms with van der Waals surface area (Å²) in [7, 11) is 2.04. The molecule has 1 saturated heterocycles. The van der Waals surface area contributed by atoms with Crippen molar-refractivity contribution in [3.63, 3.8) is 0 Å². The molecule has 19 heavy (non-hydrogen) atoms. The van der Waals surface area contributed by atoms with Crippen molar-refractivity contribution in [2.24, 2.45) is 0 Å². The van der Waals surface area contributed by atoms with Crippen molar-refractivity contribution >= 4 is 12.0 Å². The number of hydrogen-bond acceptors (Lipinski definition) is 3. The van der Waals surface area contributed by atoms with Gasteiger partial charge in [0.05, 0.1) is 0 Å². The van der Waals surface area contributed by atoms with E-state index in [-0.39, 0.29) is 6.03 Å². The van der Waals surface area contributed by atoms with Crippen LogP contribution in [0.4, 0.5) is 4.79 Å². The molecule has 0 bridgehead atoms. The van der Waals surface area contributed by atoms with Gasteiger partial charge in [0.15, 0.2) is 0 Å². The van der Waals surface area contributed by atoms with Crippen LogP contribution < -0.4 is 5.32 Å². The van der Waals surface area contributed by atoms with Gasteiger partial charge < -0.3 is 20.2 Å². The van der Waals surface area contributed by atoms with E-state index in [4.69, 9.17) is 0 Å². The summed E-state index contributed by atoms with van der Waals surface area (Å²) in [6, 6.07) is 0.0470. The van der Waals surface area contributed by atoms with Crippen molar-refractivity contribution in [2.75, 3.05) is 26.7 Å². The molecular formula is C13H25N3O3. The van der Waals surface area contributed by atoms with Gasteiger partial charge in [0.1, 0.15) is 5.54 Å². The van der Waals surface area contributed by atoms with Gasteiger partial charge in [-0.1, -0.05) is 0 Å². The number of carboxylic acids is 1. The van der Waals surface area contributed by atoms with Gasteiger partial charge in [-0.2, -0.15) is 0 Å². The molecule has 1 fully saturated rings. The van der Waals surface area contributed by atoms with Gasteiger partial charge in [0.2, 0.25) is 0 Å². The van der Waals surface area contributed by atoms with Gasteiger partial charge in [-0.25, -0.2) is 9.59 Å². The number of hydrogen-bond donors (Lipinski definition) is 2. The number of carbonyl (C=O) groups excluding carboxylic acids is 1. The molecule has 0 spiro atoms. The number of carboxylic acid groups (broad SMARTS) is 1. The van der Waals surface area contributed by atoms with Gasteiger partial charge in [-0.05, 0) is 47.2 Å². The number of urea groups is 1. The second-order valence-electron chi connectivity index (χ2n) is 5.57. The molecule has 1 heterocycles. The van der Waals surface area contributed by atoms with Crippen molar-refractivity contribution in [1.82, 2.24) is 15.1 Å². The summed E-state index contributed by atoms with van der Waals surface area (Å²) >= 11 is 0. The summed E-state index contributed by atoms with van der Waals surface area (Å²) in [5.41, 5.74) is -1.19. The van der Waals surface area contributed by atoms with E-state index in [9.17, 15) is 14.7 Å². The molecule has 0 radical (unpaired) electrons. The number of carbonyl (C=O) groups is 2. The minimum absolute atomic E-state index is 0.310. The number of rotatable bonds is 5. The first-order chi connectivity index (χ1) is 8.80. The predicted octanol–water partition coefficient (Wildman–Crippen LogP) is 0.975. The zero-order valence-electron chi connectivity index (χ0n) is 12.3. The standard InChI is InChI=1S/C13H25N3O3/c1-5-16(13(2,3)11(17)18)12(19)14-9-10-7-6-8-15(10)4/h10H,5-9H2,1-4H3,(H,14,19)(H,17,18). The fourth-order valence-corrected chi connectivity index (χ4v) is 2.45. The molecule has 1 rings (SSSR count). The third-order valence-electron chi connectivity index (χ3n) is 3.92. The summed E-state index contributed by atoms with van der Waals surface area (Å²) in [6.07, 6.45) is 2.22. The molecule has 2 amide bonds. The SMILES string of the molecule is CCN(C(=O)NCC1CCCN1C)C(C)(C)C(=O)O. The van der Waals surface area contributed by atoms with Crippen LogP contribution in [0.2, 0.25) is 0 Å². The Morgan fingerprint density at radius 3 is 2.53 bits per heavy atom. The zero-order valence-corrected chi connectivity index (χ0v) is 12.3. The Labute approximate surface area is 114 Å². The second kappa shape index (κ2) is 6.23. The van der Waals surface area contributed by atoms with E-state index in [1.165, 1.54) is 4.90 Å². The molecule has 0 aliphatic carbocycles. The molecule has 6 heteroatoms. The molecule has 6 nitrogen and oxygen atoms in total. The smallest absolute Gasteiger partial charge is 0.329 e. The van der Waals surface area contributed by atoms with Gasteiger partial charge in [0, 0.05) is 19.1 Å². The van der Waals surface area contributed by atoms with Crippen molar-refractivity contribution in [3.8, 4) is 0 Å². The molecular weight excluding hydrogens is 246 g/mol. The first-order valence-electron chi connectivity index (χ1n) is 6.79. The zero-order chi connectivity index (χ0) is 14.6. The lowest BCUT2D eigenvalue weighted by molar-refractivity contribution is -0.147. The van der Waals surface area contributed by atoms with Crippen LogP contribution in [0.1, 0.15) is 33.6 Å². The quantitative estimate of drug-likeness (QED) is 0.781. The van der Waals surface area contributed by atoms with Crippen molar-refractivity contribution in [3.05, 3.63) is 0 Å². The van der Waals surface area contributed by atoms with Crippen molar-refractivity contribution < 1.29 is 14.7 Å². The van der Waals surface area contributed by atoms with E-state index >= 15 is 0 Å². The normalized spacial score (nSPS) is 20.3. The molecule has 0 saturated carbocycles. The Kier molecular flexibility index (Phi) is 5.17. The van der Waals surface area contributed by atoms with E-state index in [2.05, 4.69) is 10.2 Å². The van der Waals surface area contributed by atoms with Crippen LogP contribution in [0.25, 0.3) is 0 Å². The number of nitrogens with one attached hydrogen (secondary N) is 1. The third-order valence-corrected chi connectivity index (χ3v) is 3.92. The van der Waals surface area contributed by atoms with E-state index in [1.54, 1.807) is 20.8 Å². The minimum Gasteiger partial charge on any atom is -0.480 e. The molecule has 0 aromatic heterocycles. The summed E-state index contributed by atoms with van der Waals surface area (Å²) < 4.78 is 0. The maximum atomic E-state index is 12.1. The summed E-state index contributed by atoms with van der Waals surface area (Å²) in [5.74, 6) is -0.998. The summed E-state index contributed by atoms with van der Waals surface area (Å²) in [5, 5.41) is 12.0. The maximum absolute atomic E-state index is 12.1. The Bertz CT molecular complexity index is 344. The number of likely N-dealkylation sites (tertiary alicyclic amines) is 1. The van der Waals surface area contributed by atoms with Gasteiger partial charge >= 0.3 is 12.0 Å². The van der Waals surface area contributed by atoms with Crippen LogP contribution in [0.5, 0.6) is 0 Å². The van der Waals surface area contributed by atoms with Gasteiger partial charge in [-0.3, -0.25) is 0 Å². The number of nitrogens with zero attached hydrogens (tertiary/aromatic N) is 2. The molecule has 1 atom stereocenters. The second-order valence-corrected chi connectivity index (χ2v) is 5.57. The summed E-state index contributed by atoms with van der Waals surface area (Å²) in [4.78, 5) is 26.9. The van der Waals surface area contributed by atoms with E-state index in [0.29, 0.717) is 19.1 Å². The molecule has 1 aliphatic heterocycles. The van der Waals surface area contributed by atoms with Crippen LogP contribution in [-0.4, -0.2) is 65.2 Å². The van der Waals surface area contributed by atoms with E-state index in [1.807, 2.05) is 7.05 Å². The Balaban J connectivity index is 2.57. The predicted molar refractivity (Wildman–Crippen MR) is 73.1 cm³/mol. The Hall–Kier alpha value is -1.30. The highest BCUT2D eigenvalue weighted by Gasteiger charge is 2.37. The molecule has 2 N–H and O–H groups in total. The van der Waals surface area contributed by atoms with Crippen LogP contribution >= 0.6 is 0 Å². The molecule has 1 unspecified atom stereocenters. The number of amides is 2. The number of aliphatic carboxylic acids is 1. The average Bonchev–Trinajstić information content (AvgIpc) is 2.72. The van der Waals surface area contributed by atoms with E-state index in [0.717, 1.165) is 19.4 Å². The average molecular weight is 271 g/mol. The van der Waals surface area contributed by atoms with Crippen LogP contribution in [-0.2, 0) is 4.79 Å². The lowest BCUT2D eigenvalue weighted by Gasteiger charge is -2.34. The fourth-order valence-electron chi connectivity index (χ4n) is 2.45. The lowest BCUT2D eigenvalue weighted by Crippen LogP contribution is -2.57. The Morgan fingerprint density at radius 1 is 1.47 bits per heavy atom. The van der Waals surface area contributed by atoms with Gasteiger partial charge in [-0.15, -0.1) is 0 Å². The van der Waals surface area contributed by atoms with Crippen molar-refractivity contribution in [2.45, 2.75) is 45.2 Å². The third kappa shape index (κ3) is 3.59. The molecule has 1 aliphatic rings. The largest absolute Gasteiger partial charge is 0.480 e. The monoisotopic (exact) mass is 271 g/mol. The maximum Gasteiger partial charge on any atom is 0.329 e. The molecule has 0 aromatic carbocycles. The fraction of sp³-hybridized carbons (Fsp3) is 0.846. The number of likely N-dealkylation sites (N-methyl/N-ethyl adjacent to an activating group) is 2. The van der Waals surface area contributed by atoms with Crippen LogP contribution in [0, 0.1) is 0 Å². The highest BCUT2D eigenvalue weighted by Crippen LogP contribution is 2.16. The molecule has 110 valence electrons. The highest BCUT2D eigenvalue weighted by molar-refractivity contribution is 5.85. The molecule has 0 aromatic rings. The Morgan fingerprint density at radius 2 is 2.11 bits per heavy atom. The highest BCUT2D eigenvalue weighted by atomic mass is 16.4.